The van der Waals surface area contributed by atoms with Crippen LogP contribution in [0.3, 0.4) is 0 Å². The third-order valence-corrected chi connectivity index (χ3v) is 0.228. The molecule has 0 aromatic rings. The average Bonchev–Trinajstić information content (AvgIpc) is 1.41. The fourth-order valence-electron chi connectivity index (χ4n) is 0.0589. The van der Waals surface area contributed by atoms with Crippen LogP contribution in [-0.2, 0) is 0 Å². The summed E-state index contributed by atoms with van der Waals surface area (Å²) in [4.78, 5) is 9.21. The molecule has 0 unspecified atom stereocenters. The van der Waals surface area contributed by atoms with Crippen molar-refractivity contribution in [2.24, 2.45) is 0 Å². The van der Waals surface area contributed by atoms with E-state index in [9.17, 15) is 4.91 Å². The molecule has 0 saturated heterocycles. The van der Waals surface area contributed by atoms with Crippen LogP contribution in [-0.4, -0.2) is 6.54 Å². The van der Waals surface area contributed by atoms with Crippen molar-refractivity contribution in [3.05, 3.63) is 17.6 Å². The summed E-state index contributed by atoms with van der Waals surface area (Å²) in [7, 11) is 0. The molecule has 0 aromatic heterocycles. The topological polar surface area (TPSA) is 31.0 Å². The molecule has 0 heterocycles. The van der Waals surface area contributed by atoms with Crippen molar-refractivity contribution in [1.29, 1.82) is 0 Å². The normalized spacial score (nSPS) is 6.40. The lowest BCUT2D eigenvalue weighted by atomic mass is 10.7. The molecule has 0 amide bonds. The van der Waals surface area contributed by atoms with Crippen molar-refractivity contribution in [1.82, 2.24) is 0 Å². The van der Waals surface area contributed by atoms with Gasteiger partial charge in [-0.25, -0.2) is 0 Å². The molecule has 0 fully saturated rings. The molecule has 0 atom stereocenters. The van der Waals surface area contributed by atoms with E-state index >= 15 is 0 Å². The Balaban J connectivity index is 2.65. The van der Waals surface area contributed by atoms with Gasteiger partial charge in [0.15, 0.2) is 0 Å². The monoisotopic (exact) mass is 72.0 g/mol. The van der Waals surface area contributed by atoms with E-state index < -0.39 is 0 Å². The van der Waals surface area contributed by atoms with Crippen molar-refractivity contribution in [3.8, 4) is 0 Å². The zero-order chi connectivity index (χ0) is 4.12. The molecular formula is C3H6NO+. The molecule has 0 rings (SSSR count). The molecular weight excluding hydrogens is 66.0 g/mol. The highest BCUT2D eigenvalue weighted by Crippen LogP contribution is 1.37. The van der Waals surface area contributed by atoms with Gasteiger partial charge in [0.2, 0.25) is 6.54 Å². The summed E-state index contributed by atoms with van der Waals surface area (Å²) in [5, 5.41) is 1.65. The second-order valence-electron chi connectivity index (χ2n) is 0.637. The Kier molecular flexibility index (Phi) is 2.90. The zero-order valence-electron chi connectivity index (χ0n) is 2.90. The third-order valence-electron chi connectivity index (χ3n) is 0.228. The molecule has 5 heavy (non-hydrogen) atoms. The van der Waals surface area contributed by atoms with Gasteiger partial charge in [-0.2, -0.15) is 0 Å². The van der Waals surface area contributed by atoms with E-state index in [1.54, 1.807) is 5.18 Å². The minimum absolute atomic E-state index is 0.347. The molecule has 2 heteroatoms. The van der Waals surface area contributed by atoms with Crippen LogP contribution in [0.5, 0.6) is 0 Å². The van der Waals surface area contributed by atoms with Crippen molar-refractivity contribution >= 4 is 0 Å². The summed E-state index contributed by atoms with van der Waals surface area (Å²) in [6, 6.07) is 0. The van der Waals surface area contributed by atoms with Gasteiger partial charge in [0.05, 0.1) is 0 Å². The van der Waals surface area contributed by atoms with E-state index in [0.717, 1.165) is 0 Å². The number of hydrogen-bond acceptors (Lipinski definition) is 1. The van der Waals surface area contributed by atoms with E-state index in [2.05, 4.69) is 6.58 Å². The molecule has 28 valence electrons. The van der Waals surface area contributed by atoms with E-state index in [0.29, 0.717) is 6.54 Å². The first-order valence-corrected chi connectivity index (χ1v) is 1.37. The van der Waals surface area contributed by atoms with Crippen molar-refractivity contribution in [2.75, 3.05) is 6.54 Å². The molecule has 0 bridgehead atoms. The van der Waals surface area contributed by atoms with E-state index in [1.807, 2.05) is 0 Å². The minimum Gasteiger partial charge on any atom is -0.0967 e. The van der Waals surface area contributed by atoms with Crippen molar-refractivity contribution in [3.63, 3.8) is 0 Å². The number of nitrogens with one attached hydrogen (secondary N) is 1. The van der Waals surface area contributed by atoms with Gasteiger partial charge in [0.1, 0.15) is 0 Å². The summed E-state index contributed by atoms with van der Waals surface area (Å²) in [6.45, 7) is 3.64. The maximum atomic E-state index is 9.21. The molecule has 0 aliphatic carbocycles. The summed E-state index contributed by atoms with van der Waals surface area (Å²) >= 11 is 0. The standard InChI is InChI=1S/C3H5NO/c1-2-3-4-5/h2H,1,3H2/p+1. The predicted octanol–water partition coefficient (Wildman–Crippen LogP) is -0.981. The fourth-order valence-corrected chi connectivity index (χ4v) is 0.0589. The number of rotatable bonds is 2. The Bertz CT molecular complexity index is 36.2. The molecule has 0 saturated carbocycles. The van der Waals surface area contributed by atoms with Crippen LogP contribution in [0.2, 0.25) is 0 Å². The van der Waals surface area contributed by atoms with Crippen LogP contribution in [0.25, 0.3) is 0 Å². The van der Waals surface area contributed by atoms with Gasteiger partial charge in [-0.1, -0.05) is 6.58 Å². The predicted molar refractivity (Wildman–Crippen MR) is 19.4 cm³/mol. The van der Waals surface area contributed by atoms with Gasteiger partial charge in [-0.15, -0.1) is 0 Å². The number of hydrogen-bond donors (Lipinski definition) is 1. The fraction of sp³-hybridized carbons (Fsp3) is 0.333. The van der Waals surface area contributed by atoms with E-state index in [4.69, 9.17) is 0 Å². The Morgan fingerprint density at radius 3 is 2.60 bits per heavy atom. The maximum absolute atomic E-state index is 9.21. The Labute approximate surface area is 30.5 Å². The van der Waals surface area contributed by atoms with Crippen LogP contribution < -0.4 is 5.18 Å². The Hall–Kier alpha value is -0.660. The molecule has 0 aliphatic heterocycles. The van der Waals surface area contributed by atoms with Crippen molar-refractivity contribution < 1.29 is 5.18 Å². The first-order chi connectivity index (χ1) is 2.41. The first kappa shape index (κ1) is 4.34. The molecule has 0 spiro atoms. The van der Waals surface area contributed by atoms with Gasteiger partial charge in [0, 0.05) is 4.91 Å². The summed E-state index contributed by atoms with van der Waals surface area (Å²) < 4.78 is 0. The summed E-state index contributed by atoms with van der Waals surface area (Å²) in [6.07, 6.45) is 1.51. The highest BCUT2D eigenvalue weighted by molar-refractivity contribution is 4.60. The third kappa shape index (κ3) is 3.34. The van der Waals surface area contributed by atoms with Gasteiger partial charge in [-0.3, -0.25) is 0 Å². The first-order valence-electron chi connectivity index (χ1n) is 1.37. The lowest BCUT2D eigenvalue weighted by molar-refractivity contribution is -0.468. The summed E-state index contributed by atoms with van der Waals surface area (Å²) in [5.41, 5.74) is 0. The average molecular weight is 72.1 g/mol. The van der Waals surface area contributed by atoms with Crippen LogP contribution in [0, 0.1) is 4.91 Å². The van der Waals surface area contributed by atoms with Gasteiger partial charge < -0.3 is 0 Å². The highest BCUT2D eigenvalue weighted by Gasteiger charge is 1.66. The molecule has 0 radical (unpaired) electrons. The van der Waals surface area contributed by atoms with Gasteiger partial charge in [-0.05, 0) is 11.3 Å². The minimum atomic E-state index is 0.347. The smallest absolute Gasteiger partial charge is 0.0967 e. The van der Waals surface area contributed by atoms with Crippen LogP contribution in [0.4, 0.5) is 0 Å². The maximum Gasteiger partial charge on any atom is 0.207 e. The van der Waals surface area contributed by atoms with Gasteiger partial charge in [0.25, 0.3) is 0 Å². The van der Waals surface area contributed by atoms with Crippen LogP contribution in [0.15, 0.2) is 12.7 Å². The summed E-state index contributed by atoms with van der Waals surface area (Å²) in [5.74, 6) is 0. The second-order valence-corrected chi connectivity index (χ2v) is 0.637. The Morgan fingerprint density at radius 2 is 2.60 bits per heavy atom. The molecule has 2 nitrogen and oxygen atoms in total. The van der Waals surface area contributed by atoms with E-state index in [1.165, 1.54) is 6.08 Å². The largest absolute Gasteiger partial charge is 0.207 e. The number of nitroso groups, excluding NO2 is 1. The SMILES string of the molecule is C=CC[NH+]=O. The van der Waals surface area contributed by atoms with Gasteiger partial charge >= 0.3 is 0 Å². The van der Waals surface area contributed by atoms with Crippen LogP contribution >= 0.6 is 0 Å². The molecule has 0 aromatic carbocycles. The quantitative estimate of drug-likeness (QED) is 0.417. The molecule has 0 aliphatic rings. The van der Waals surface area contributed by atoms with E-state index in [-0.39, 0.29) is 0 Å². The highest BCUT2D eigenvalue weighted by atomic mass is 16.3. The van der Waals surface area contributed by atoms with Crippen molar-refractivity contribution in [2.45, 2.75) is 0 Å². The lowest BCUT2D eigenvalue weighted by Crippen LogP contribution is -2.63. The van der Waals surface area contributed by atoms with Crippen LogP contribution in [0.1, 0.15) is 0 Å². The second kappa shape index (κ2) is 3.34. The molecule has 1 N–H and O–H groups in total. The lowest BCUT2D eigenvalue weighted by Gasteiger charge is -1.52. The Morgan fingerprint density at radius 1 is 2.00 bits per heavy atom. The zero-order valence-corrected chi connectivity index (χ0v) is 2.90.